The summed E-state index contributed by atoms with van der Waals surface area (Å²) < 4.78 is 0. The highest BCUT2D eigenvalue weighted by molar-refractivity contribution is 5.78. The van der Waals surface area contributed by atoms with E-state index in [4.69, 9.17) is 0 Å². The Morgan fingerprint density at radius 3 is 2.10 bits per heavy atom. The van der Waals surface area contributed by atoms with E-state index in [9.17, 15) is 0 Å². The van der Waals surface area contributed by atoms with E-state index in [1.807, 2.05) is 13.8 Å². The van der Waals surface area contributed by atoms with Gasteiger partial charge in [-0.2, -0.15) is 0 Å². The molecule has 0 aromatic heterocycles. The van der Waals surface area contributed by atoms with Crippen molar-refractivity contribution in [2.75, 3.05) is 0 Å². The van der Waals surface area contributed by atoms with Crippen molar-refractivity contribution in [3.63, 3.8) is 0 Å². The number of rotatable bonds is 6. The third-order valence-corrected chi connectivity index (χ3v) is 5.88. The molecule has 0 heterocycles. The Morgan fingerprint density at radius 2 is 1.58 bits per heavy atom. The summed E-state index contributed by atoms with van der Waals surface area (Å²) >= 11 is 0. The molecule has 2 aromatic carbocycles. The van der Waals surface area contributed by atoms with Crippen molar-refractivity contribution in [2.45, 2.75) is 74.1 Å². The summed E-state index contributed by atoms with van der Waals surface area (Å²) in [6, 6.07) is 16.1. The quantitative estimate of drug-likeness (QED) is 0.413. The first-order valence-corrected chi connectivity index (χ1v) is 11.7. The van der Waals surface area contributed by atoms with Crippen molar-refractivity contribution in [2.24, 2.45) is 0 Å². The van der Waals surface area contributed by atoms with Crippen LogP contribution in [0.2, 0.25) is 0 Å². The van der Waals surface area contributed by atoms with Gasteiger partial charge in [0, 0.05) is 0 Å². The zero-order chi connectivity index (χ0) is 23.4. The fourth-order valence-electron chi connectivity index (χ4n) is 3.92. The molecular weight excluding hydrogens is 372 g/mol. The smallest absolute Gasteiger partial charge is 0.00581 e. The molecule has 0 aliphatic heterocycles. The largest absolute Gasteiger partial charge is 0.106 e. The van der Waals surface area contributed by atoms with Crippen LogP contribution >= 0.6 is 0 Å². The van der Waals surface area contributed by atoms with Gasteiger partial charge in [-0.05, 0) is 92.8 Å². The van der Waals surface area contributed by atoms with Crippen LogP contribution in [0.25, 0.3) is 11.1 Å². The third-order valence-electron chi connectivity index (χ3n) is 5.88. The summed E-state index contributed by atoms with van der Waals surface area (Å²) in [5, 5.41) is 0. The molecular formula is C31H42. The van der Waals surface area contributed by atoms with Gasteiger partial charge in [-0.15, -0.1) is 13.2 Å². The molecule has 3 rings (SSSR count). The van der Waals surface area contributed by atoms with Gasteiger partial charge in [-0.1, -0.05) is 86.0 Å². The molecule has 0 saturated heterocycles. The molecule has 0 fully saturated rings. The third kappa shape index (κ3) is 7.24. The van der Waals surface area contributed by atoms with E-state index >= 15 is 0 Å². The fourth-order valence-corrected chi connectivity index (χ4v) is 3.92. The average molecular weight is 415 g/mol. The molecule has 31 heavy (non-hydrogen) atoms. The average Bonchev–Trinajstić information content (AvgIpc) is 3.15. The lowest BCUT2D eigenvalue weighted by Gasteiger charge is -2.15. The number of aryl methyl sites for hydroxylation is 3. The van der Waals surface area contributed by atoms with E-state index in [0.29, 0.717) is 0 Å². The van der Waals surface area contributed by atoms with Gasteiger partial charge in [0.1, 0.15) is 0 Å². The minimum absolute atomic E-state index is 1.08. The summed E-state index contributed by atoms with van der Waals surface area (Å²) in [6.45, 7) is 21.0. The Balaban J connectivity index is 0.00000113. The maximum atomic E-state index is 3.00. The number of hydrogen-bond donors (Lipinski definition) is 0. The van der Waals surface area contributed by atoms with Gasteiger partial charge in [-0.3, -0.25) is 0 Å². The summed E-state index contributed by atoms with van der Waals surface area (Å²) in [4.78, 5) is 0. The van der Waals surface area contributed by atoms with Crippen LogP contribution in [0.4, 0.5) is 0 Å². The minimum Gasteiger partial charge on any atom is -0.106 e. The molecule has 0 heteroatoms. The number of benzene rings is 2. The first-order chi connectivity index (χ1) is 15.0. The van der Waals surface area contributed by atoms with Gasteiger partial charge < -0.3 is 0 Å². The molecule has 0 bridgehead atoms. The van der Waals surface area contributed by atoms with E-state index in [1.54, 1.807) is 0 Å². The predicted molar refractivity (Wildman–Crippen MR) is 143 cm³/mol. The monoisotopic (exact) mass is 414 g/mol. The lowest BCUT2D eigenvalue weighted by atomic mass is 9.90. The molecule has 0 radical (unpaired) electrons. The highest BCUT2D eigenvalue weighted by Gasteiger charge is 2.14. The number of allylic oxidation sites excluding steroid dienone is 6. The molecule has 0 spiro atoms. The molecule has 0 unspecified atom stereocenters. The molecule has 0 atom stereocenters. The summed E-state index contributed by atoms with van der Waals surface area (Å²) in [5.74, 6) is 0. The van der Waals surface area contributed by atoms with Crippen LogP contribution in [-0.4, -0.2) is 0 Å². The van der Waals surface area contributed by atoms with E-state index in [0.717, 1.165) is 25.7 Å². The maximum Gasteiger partial charge on any atom is -0.00581 e. The van der Waals surface area contributed by atoms with Crippen molar-refractivity contribution >= 4 is 11.1 Å². The zero-order valence-corrected chi connectivity index (χ0v) is 20.9. The first-order valence-electron chi connectivity index (χ1n) is 11.7. The second-order valence-corrected chi connectivity index (χ2v) is 7.83. The van der Waals surface area contributed by atoms with Crippen LogP contribution in [0, 0.1) is 6.92 Å². The molecule has 166 valence electrons. The van der Waals surface area contributed by atoms with E-state index < -0.39 is 0 Å². The van der Waals surface area contributed by atoms with Crippen molar-refractivity contribution in [1.82, 2.24) is 0 Å². The second-order valence-electron chi connectivity index (χ2n) is 7.83. The SMILES string of the molecule is C/C=C(\CC)c1cc(C2=CC(C)=C(C)C2)ccc1CCc1ccc(C)cc1.C=C.CC. The van der Waals surface area contributed by atoms with Crippen LogP contribution in [0.5, 0.6) is 0 Å². The maximum absolute atomic E-state index is 3.00. The van der Waals surface area contributed by atoms with Crippen LogP contribution in [0.3, 0.4) is 0 Å². The standard InChI is InChI=1S/C27H32.C2H6.C2H4/c1-6-23(7-2)27-18-25(26-16-20(4)21(5)17-26)15-14-24(27)13-12-22-10-8-19(3)9-11-22;2*1-2/h6,8-11,14-16,18H,7,12-13,17H2,1-5H3;1-2H3;1-2H2/b23-6+;;. The van der Waals surface area contributed by atoms with Crippen LogP contribution in [0.15, 0.2) is 78.9 Å². The fraction of sp³-hybridized carbons (Fsp3) is 0.355. The molecule has 2 aromatic rings. The Morgan fingerprint density at radius 1 is 0.935 bits per heavy atom. The Kier molecular flexibility index (Phi) is 11.6. The Hall–Kier alpha value is -2.60. The molecule has 1 aliphatic rings. The van der Waals surface area contributed by atoms with Crippen molar-refractivity contribution in [3.05, 3.63) is 107 Å². The Bertz CT molecular complexity index is 917. The van der Waals surface area contributed by atoms with Crippen LogP contribution < -0.4 is 0 Å². The topological polar surface area (TPSA) is 0 Å². The van der Waals surface area contributed by atoms with Crippen LogP contribution in [0.1, 0.15) is 82.2 Å². The molecule has 0 amide bonds. The van der Waals surface area contributed by atoms with E-state index in [1.165, 1.54) is 50.1 Å². The summed E-state index contributed by atoms with van der Waals surface area (Å²) in [6.07, 6.45) is 8.99. The van der Waals surface area contributed by atoms with Gasteiger partial charge in [0.15, 0.2) is 0 Å². The first kappa shape index (κ1) is 26.4. The normalized spacial score (nSPS) is 13.1. The molecule has 0 nitrogen and oxygen atoms in total. The van der Waals surface area contributed by atoms with Crippen LogP contribution in [-0.2, 0) is 12.8 Å². The number of hydrogen-bond acceptors (Lipinski definition) is 0. The van der Waals surface area contributed by atoms with Gasteiger partial charge in [0.25, 0.3) is 0 Å². The second kappa shape index (κ2) is 13.7. The lowest BCUT2D eigenvalue weighted by Crippen LogP contribution is -1.99. The van der Waals surface area contributed by atoms with Crippen molar-refractivity contribution < 1.29 is 0 Å². The van der Waals surface area contributed by atoms with Gasteiger partial charge in [0.2, 0.25) is 0 Å². The zero-order valence-electron chi connectivity index (χ0n) is 20.9. The molecule has 1 aliphatic carbocycles. The Labute approximate surface area is 192 Å². The van der Waals surface area contributed by atoms with E-state index in [2.05, 4.69) is 102 Å². The highest BCUT2D eigenvalue weighted by Crippen LogP contribution is 2.34. The summed E-state index contributed by atoms with van der Waals surface area (Å²) in [5.41, 5.74) is 12.9. The summed E-state index contributed by atoms with van der Waals surface area (Å²) in [7, 11) is 0. The van der Waals surface area contributed by atoms with E-state index in [-0.39, 0.29) is 0 Å². The highest BCUT2D eigenvalue weighted by atomic mass is 14.2. The van der Waals surface area contributed by atoms with Gasteiger partial charge >= 0.3 is 0 Å². The van der Waals surface area contributed by atoms with Crippen molar-refractivity contribution in [3.8, 4) is 0 Å². The molecule has 0 N–H and O–H groups in total. The van der Waals surface area contributed by atoms with Crippen molar-refractivity contribution in [1.29, 1.82) is 0 Å². The van der Waals surface area contributed by atoms with Gasteiger partial charge in [-0.25, -0.2) is 0 Å². The van der Waals surface area contributed by atoms with Gasteiger partial charge in [0.05, 0.1) is 0 Å². The lowest BCUT2D eigenvalue weighted by molar-refractivity contribution is 0.952. The predicted octanol–water partition coefficient (Wildman–Crippen LogP) is 9.55. The minimum atomic E-state index is 1.08. The molecule has 0 saturated carbocycles.